The summed E-state index contributed by atoms with van der Waals surface area (Å²) in [5.41, 5.74) is 2.49. The van der Waals surface area contributed by atoms with Gasteiger partial charge in [-0.15, -0.1) is 0 Å². The standard InChI is InChI=1S/C19H24N4O5/c1-9(2)7-23-13-5-6-22(8-12(13)16(21-23)19(27)28)17(24)15-10(3)14(18(25)26)11(4)20-15/h9,20H,5-8H2,1-4H3,(H,25,26)(H,27,28). The third-order valence-corrected chi connectivity index (χ3v) is 5.03. The summed E-state index contributed by atoms with van der Waals surface area (Å²) in [5.74, 6) is -2.24. The molecule has 0 radical (unpaired) electrons. The first-order chi connectivity index (χ1) is 13.1. The maximum atomic E-state index is 13.0. The quantitative estimate of drug-likeness (QED) is 0.719. The summed E-state index contributed by atoms with van der Waals surface area (Å²) in [6.07, 6.45) is 0.499. The van der Waals surface area contributed by atoms with Crippen molar-refractivity contribution >= 4 is 17.8 Å². The molecule has 0 saturated carbocycles. The van der Waals surface area contributed by atoms with Crippen molar-refractivity contribution in [1.82, 2.24) is 19.7 Å². The number of aromatic carboxylic acids is 2. The first kappa shape index (κ1) is 19.7. The average molecular weight is 388 g/mol. The predicted octanol–water partition coefficient (Wildman–Crippen LogP) is 2.08. The molecule has 0 aromatic carbocycles. The van der Waals surface area contributed by atoms with Crippen LogP contribution in [0.5, 0.6) is 0 Å². The molecule has 0 aliphatic carbocycles. The van der Waals surface area contributed by atoms with Crippen LogP contribution in [0, 0.1) is 19.8 Å². The summed E-state index contributed by atoms with van der Waals surface area (Å²) >= 11 is 0. The van der Waals surface area contributed by atoms with E-state index in [9.17, 15) is 24.6 Å². The average Bonchev–Trinajstić information content (AvgIpc) is 3.10. The van der Waals surface area contributed by atoms with Crippen LogP contribution in [0.1, 0.15) is 67.7 Å². The number of rotatable bonds is 5. The number of aryl methyl sites for hydroxylation is 1. The van der Waals surface area contributed by atoms with Crippen LogP contribution in [0.25, 0.3) is 0 Å². The van der Waals surface area contributed by atoms with Gasteiger partial charge in [0.2, 0.25) is 0 Å². The van der Waals surface area contributed by atoms with E-state index in [2.05, 4.69) is 10.1 Å². The Morgan fingerprint density at radius 1 is 1.18 bits per heavy atom. The van der Waals surface area contributed by atoms with Crippen LogP contribution in [0.4, 0.5) is 0 Å². The van der Waals surface area contributed by atoms with Crippen LogP contribution in [-0.2, 0) is 19.5 Å². The van der Waals surface area contributed by atoms with Gasteiger partial charge in [-0.3, -0.25) is 9.48 Å². The van der Waals surface area contributed by atoms with Crippen molar-refractivity contribution in [3.8, 4) is 0 Å². The summed E-state index contributed by atoms with van der Waals surface area (Å²) in [6, 6.07) is 0. The lowest BCUT2D eigenvalue weighted by Crippen LogP contribution is -2.37. The lowest BCUT2D eigenvalue weighted by Gasteiger charge is -2.28. The number of nitrogens with one attached hydrogen (secondary N) is 1. The van der Waals surface area contributed by atoms with Gasteiger partial charge in [-0.1, -0.05) is 13.8 Å². The Labute approximate surface area is 162 Å². The topological polar surface area (TPSA) is 129 Å². The van der Waals surface area contributed by atoms with E-state index in [0.29, 0.717) is 42.2 Å². The molecule has 0 saturated heterocycles. The number of H-pyrrole nitrogens is 1. The maximum Gasteiger partial charge on any atom is 0.356 e. The number of hydrogen-bond acceptors (Lipinski definition) is 4. The van der Waals surface area contributed by atoms with Crippen LogP contribution in [0.3, 0.4) is 0 Å². The molecular formula is C19H24N4O5. The van der Waals surface area contributed by atoms with Crippen molar-refractivity contribution in [2.45, 2.75) is 47.2 Å². The van der Waals surface area contributed by atoms with Gasteiger partial charge in [-0.05, 0) is 25.3 Å². The van der Waals surface area contributed by atoms with Crippen molar-refractivity contribution in [2.75, 3.05) is 6.54 Å². The Bertz CT molecular complexity index is 970. The summed E-state index contributed by atoms with van der Waals surface area (Å²) in [4.78, 5) is 40.5. The summed E-state index contributed by atoms with van der Waals surface area (Å²) in [6.45, 7) is 8.43. The van der Waals surface area contributed by atoms with Crippen molar-refractivity contribution in [1.29, 1.82) is 0 Å². The Morgan fingerprint density at radius 3 is 2.39 bits per heavy atom. The summed E-state index contributed by atoms with van der Waals surface area (Å²) < 4.78 is 1.73. The summed E-state index contributed by atoms with van der Waals surface area (Å²) in [5, 5.41) is 23.1. The number of fused-ring (bicyclic) bond motifs is 1. The highest BCUT2D eigenvalue weighted by Crippen LogP contribution is 2.26. The molecule has 0 spiro atoms. The highest BCUT2D eigenvalue weighted by atomic mass is 16.4. The molecule has 9 nitrogen and oxygen atoms in total. The fourth-order valence-corrected chi connectivity index (χ4v) is 3.78. The van der Waals surface area contributed by atoms with Gasteiger partial charge in [-0.2, -0.15) is 5.10 Å². The molecule has 0 fully saturated rings. The molecule has 2 aromatic heterocycles. The van der Waals surface area contributed by atoms with Crippen LogP contribution in [-0.4, -0.2) is 54.3 Å². The van der Waals surface area contributed by atoms with Crippen LogP contribution in [0.15, 0.2) is 0 Å². The molecule has 28 heavy (non-hydrogen) atoms. The number of aromatic nitrogens is 3. The van der Waals surface area contributed by atoms with Crippen molar-refractivity contribution < 1.29 is 24.6 Å². The predicted molar refractivity (Wildman–Crippen MR) is 99.7 cm³/mol. The van der Waals surface area contributed by atoms with Crippen molar-refractivity contribution in [2.24, 2.45) is 5.92 Å². The number of aromatic amines is 1. The number of carboxylic acid groups (broad SMARTS) is 2. The summed E-state index contributed by atoms with van der Waals surface area (Å²) in [7, 11) is 0. The van der Waals surface area contributed by atoms with Gasteiger partial charge in [0.15, 0.2) is 5.69 Å². The smallest absolute Gasteiger partial charge is 0.356 e. The molecular weight excluding hydrogens is 364 g/mol. The molecule has 150 valence electrons. The number of carbonyl (C=O) groups excluding carboxylic acids is 1. The maximum absolute atomic E-state index is 13.0. The second-order valence-corrected chi connectivity index (χ2v) is 7.56. The molecule has 3 heterocycles. The largest absolute Gasteiger partial charge is 0.478 e. The second-order valence-electron chi connectivity index (χ2n) is 7.56. The highest BCUT2D eigenvalue weighted by Gasteiger charge is 2.32. The van der Waals surface area contributed by atoms with E-state index in [1.807, 2.05) is 13.8 Å². The van der Waals surface area contributed by atoms with Crippen LogP contribution >= 0.6 is 0 Å². The first-order valence-corrected chi connectivity index (χ1v) is 9.15. The Morgan fingerprint density at radius 2 is 1.86 bits per heavy atom. The minimum Gasteiger partial charge on any atom is -0.478 e. The van der Waals surface area contributed by atoms with E-state index >= 15 is 0 Å². The van der Waals surface area contributed by atoms with Gasteiger partial charge < -0.3 is 20.1 Å². The lowest BCUT2D eigenvalue weighted by molar-refractivity contribution is 0.0670. The van der Waals surface area contributed by atoms with E-state index in [0.717, 1.165) is 5.69 Å². The fourth-order valence-electron chi connectivity index (χ4n) is 3.78. The molecule has 1 amide bonds. The molecule has 3 rings (SSSR count). The number of amides is 1. The molecule has 0 atom stereocenters. The fraction of sp³-hybridized carbons (Fsp3) is 0.474. The molecule has 9 heteroatoms. The lowest BCUT2D eigenvalue weighted by atomic mass is 10.0. The van der Waals surface area contributed by atoms with Gasteiger partial charge in [0.05, 0.1) is 12.1 Å². The SMILES string of the molecule is Cc1[nH]c(C(=O)N2CCc3c(c(C(=O)O)nn3CC(C)C)C2)c(C)c1C(=O)O. The number of carboxylic acids is 2. The first-order valence-electron chi connectivity index (χ1n) is 9.15. The molecule has 2 aromatic rings. The zero-order chi connectivity index (χ0) is 20.7. The van der Waals surface area contributed by atoms with E-state index in [4.69, 9.17) is 0 Å². The van der Waals surface area contributed by atoms with Crippen molar-refractivity contribution in [3.63, 3.8) is 0 Å². The zero-order valence-electron chi connectivity index (χ0n) is 16.4. The molecule has 3 N–H and O–H groups in total. The molecule has 0 bridgehead atoms. The second kappa shape index (κ2) is 7.14. The zero-order valence-corrected chi connectivity index (χ0v) is 16.4. The number of hydrogen-bond donors (Lipinski definition) is 3. The minimum atomic E-state index is -1.12. The van der Waals surface area contributed by atoms with Crippen LogP contribution in [0.2, 0.25) is 0 Å². The van der Waals surface area contributed by atoms with Gasteiger partial charge >= 0.3 is 11.9 Å². The molecule has 1 aliphatic rings. The highest BCUT2D eigenvalue weighted by molar-refractivity contribution is 6.00. The van der Waals surface area contributed by atoms with Gasteiger partial charge in [0.1, 0.15) is 5.69 Å². The van der Waals surface area contributed by atoms with Crippen molar-refractivity contribution in [3.05, 3.63) is 39.5 Å². The van der Waals surface area contributed by atoms with E-state index in [-0.39, 0.29) is 29.4 Å². The van der Waals surface area contributed by atoms with E-state index < -0.39 is 11.9 Å². The Kier molecular flexibility index (Phi) is 5.01. The minimum absolute atomic E-state index is 0.0289. The molecule has 1 aliphatic heterocycles. The third kappa shape index (κ3) is 3.28. The number of carbonyl (C=O) groups is 3. The third-order valence-electron chi connectivity index (χ3n) is 5.03. The number of nitrogens with zero attached hydrogens (tertiary/aromatic N) is 3. The molecule has 0 unspecified atom stereocenters. The van der Waals surface area contributed by atoms with E-state index in [1.165, 1.54) is 0 Å². The monoisotopic (exact) mass is 388 g/mol. The van der Waals surface area contributed by atoms with Crippen LogP contribution < -0.4 is 0 Å². The van der Waals surface area contributed by atoms with E-state index in [1.54, 1.807) is 23.4 Å². The Hall–Kier alpha value is -3.10. The van der Waals surface area contributed by atoms with Gasteiger partial charge in [0, 0.05) is 36.5 Å². The Balaban J connectivity index is 1.94. The van der Waals surface area contributed by atoms with Gasteiger partial charge in [0.25, 0.3) is 5.91 Å². The van der Waals surface area contributed by atoms with Gasteiger partial charge in [-0.25, -0.2) is 9.59 Å². The normalized spacial score (nSPS) is 13.7.